The fourth-order valence-electron chi connectivity index (χ4n) is 2.11. The lowest BCUT2D eigenvalue weighted by atomic mass is 10.1. The number of hydrogen-bond acceptors (Lipinski definition) is 3. The van der Waals surface area contributed by atoms with Crippen molar-refractivity contribution in [2.45, 2.75) is 26.4 Å². The van der Waals surface area contributed by atoms with E-state index >= 15 is 0 Å². The van der Waals surface area contributed by atoms with Gasteiger partial charge in [-0.05, 0) is 23.6 Å². The van der Waals surface area contributed by atoms with Gasteiger partial charge in [0.25, 0.3) is 0 Å². The molecule has 3 heteroatoms. The number of phenols is 1. The maximum atomic E-state index is 9.99. The molecule has 0 aliphatic rings. The topological polar surface area (TPSA) is 41.5 Å². The quantitative estimate of drug-likeness (QED) is 0.847. The van der Waals surface area contributed by atoms with E-state index < -0.39 is 0 Å². The van der Waals surface area contributed by atoms with Gasteiger partial charge in [-0.15, -0.1) is 0 Å². The summed E-state index contributed by atoms with van der Waals surface area (Å²) in [6, 6.07) is 14.1. The van der Waals surface area contributed by atoms with Crippen LogP contribution in [0.15, 0.2) is 42.5 Å². The Morgan fingerprint density at radius 1 is 1.00 bits per heavy atom. The van der Waals surface area contributed by atoms with Gasteiger partial charge in [-0.2, -0.15) is 0 Å². The van der Waals surface area contributed by atoms with Crippen molar-refractivity contribution < 1.29 is 9.84 Å². The first-order valence-corrected chi connectivity index (χ1v) is 6.88. The van der Waals surface area contributed by atoms with Crippen molar-refractivity contribution in [1.29, 1.82) is 0 Å². The molecule has 0 aliphatic heterocycles. The molecule has 0 heterocycles. The van der Waals surface area contributed by atoms with Crippen molar-refractivity contribution in [3.05, 3.63) is 59.2 Å². The van der Waals surface area contributed by atoms with Gasteiger partial charge in [0.15, 0.2) is 11.5 Å². The van der Waals surface area contributed by atoms with E-state index in [9.17, 15) is 5.11 Å². The number of phenolic OH excluding ortho intramolecular Hbond substituents is 1. The molecule has 0 aromatic heterocycles. The van der Waals surface area contributed by atoms with Crippen LogP contribution in [0.2, 0.25) is 0 Å². The smallest absolute Gasteiger partial charge is 0.162 e. The standard InChI is InChI=1S/C17H21NO2/c1-3-13-7-9-14(10-8-13)11-18-12-15-5-4-6-16(20-2)17(15)19/h4-10,18-19H,3,11-12H2,1-2H3. The SMILES string of the molecule is CCc1ccc(CNCc2cccc(OC)c2O)cc1. The Balaban J connectivity index is 1.92. The zero-order chi connectivity index (χ0) is 14.4. The van der Waals surface area contributed by atoms with E-state index in [0.717, 1.165) is 18.5 Å². The Morgan fingerprint density at radius 3 is 2.35 bits per heavy atom. The molecule has 0 amide bonds. The van der Waals surface area contributed by atoms with Crippen LogP contribution < -0.4 is 10.1 Å². The molecular formula is C17H21NO2. The lowest BCUT2D eigenvalue weighted by Crippen LogP contribution is -2.12. The van der Waals surface area contributed by atoms with Crippen molar-refractivity contribution in [3.8, 4) is 11.5 Å². The molecule has 20 heavy (non-hydrogen) atoms. The highest BCUT2D eigenvalue weighted by Crippen LogP contribution is 2.29. The minimum absolute atomic E-state index is 0.212. The van der Waals surface area contributed by atoms with Gasteiger partial charge >= 0.3 is 0 Å². The normalized spacial score (nSPS) is 10.5. The molecule has 0 saturated carbocycles. The highest BCUT2D eigenvalue weighted by atomic mass is 16.5. The maximum Gasteiger partial charge on any atom is 0.162 e. The molecule has 0 aliphatic carbocycles. The number of nitrogens with one attached hydrogen (secondary N) is 1. The van der Waals surface area contributed by atoms with E-state index in [1.54, 1.807) is 13.2 Å². The van der Waals surface area contributed by atoms with Crippen LogP contribution in [0.3, 0.4) is 0 Å². The predicted octanol–water partition coefficient (Wildman–Crippen LogP) is 3.25. The number of rotatable bonds is 6. The van der Waals surface area contributed by atoms with Gasteiger partial charge in [0.05, 0.1) is 7.11 Å². The van der Waals surface area contributed by atoms with E-state index in [-0.39, 0.29) is 5.75 Å². The van der Waals surface area contributed by atoms with Gasteiger partial charge in [-0.25, -0.2) is 0 Å². The third-order valence-electron chi connectivity index (χ3n) is 3.38. The molecule has 2 N–H and O–H groups in total. The van der Waals surface area contributed by atoms with Gasteiger partial charge < -0.3 is 15.2 Å². The van der Waals surface area contributed by atoms with Crippen LogP contribution in [-0.4, -0.2) is 12.2 Å². The minimum Gasteiger partial charge on any atom is -0.504 e. The van der Waals surface area contributed by atoms with Crippen LogP contribution in [0, 0.1) is 0 Å². The minimum atomic E-state index is 0.212. The van der Waals surface area contributed by atoms with Crippen molar-refractivity contribution in [2.75, 3.05) is 7.11 Å². The summed E-state index contributed by atoms with van der Waals surface area (Å²) < 4.78 is 5.10. The summed E-state index contributed by atoms with van der Waals surface area (Å²) in [6.07, 6.45) is 1.06. The maximum absolute atomic E-state index is 9.99. The largest absolute Gasteiger partial charge is 0.504 e. The van der Waals surface area contributed by atoms with Crippen LogP contribution in [0.5, 0.6) is 11.5 Å². The molecule has 2 rings (SSSR count). The van der Waals surface area contributed by atoms with Crippen LogP contribution in [-0.2, 0) is 19.5 Å². The summed E-state index contributed by atoms with van der Waals surface area (Å²) in [4.78, 5) is 0. The van der Waals surface area contributed by atoms with Crippen LogP contribution in [0.4, 0.5) is 0 Å². The molecule has 3 nitrogen and oxygen atoms in total. The monoisotopic (exact) mass is 271 g/mol. The number of aromatic hydroxyl groups is 1. The number of benzene rings is 2. The zero-order valence-electron chi connectivity index (χ0n) is 12.0. The van der Waals surface area contributed by atoms with Crippen molar-refractivity contribution >= 4 is 0 Å². The van der Waals surface area contributed by atoms with E-state index in [0.29, 0.717) is 12.3 Å². The summed E-state index contributed by atoms with van der Waals surface area (Å²) in [5, 5.41) is 13.3. The van der Waals surface area contributed by atoms with Gasteiger partial charge in [0.2, 0.25) is 0 Å². The predicted molar refractivity (Wildman–Crippen MR) is 81.0 cm³/mol. The van der Waals surface area contributed by atoms with Gasteiger partial charge in [0, 0.05) is 18.7 Å². The van der Waals surface area contributed by atoms with E-state index in [1.165, 1.54) is 11.1 Å². The third-order valence-corrected chi connectivity index (χ3v) is 3.38. The molecule has 0 fully saturated rings. The van der Waals surface area contributed by atoms with Crippen LogP contribution in [0.1, 0.15) is 23.6 Å². The average molecular weight is 271 g/mol. The Hall–Kier alpha value is -2.00. The number of methoxy groups -OCH3 is 1. The fourth-order valence-corrected chi connectivity index (χ4v) is 2.11. The van der Waals surface area contributed by atoms with Crippen LogP contribution in [0.25, 0.3) is 0 Å². The van der Waals surface area contributed by atoms with Gasteiger partial charge in [-0.3, -0.25) is 0 Å². The Kier molecular flexibility index (Phi) is 5.02. The molecule has 2 aromatic carbocycles. The second kappa shape index (κ2) is 6.96. The zero-order valence-corrected chi connectivity index (χ0v) is 12.0. The van der Waals surface area contributed by atoms with Gasteiger partial charge in [0.1, 0.15) is 0 Å². The summed E-state index contributed by atoms with van der Waals surface area (Å²) in [6.45, 7) is 3.54. The molecular weight excluding hydrogens is 250 g/mol. The summed E-state index contributed by atoms with van der Waals surface area (Å²) in [5.74, 6) is 0.723. The Morgan fingerprint density at radius 2 is 1.70 bits per heavy atom. The highest BCUT2D eigenvalue weighted by molar-refractivity contribution is 5.45. The second-order valence-corrected chi connectivity index (χ2v) is 4.74. The lowest BCUT2D eigenvalue weighted by Gasteiger charge is -2.10. The Bertz CT molecular complexity index is 549. The van der Waals surface area contributed by atoms with Crippen molar-refractivity contribution in [3.63, 3.8) is 0 Å². The fraction of sp³-hybridized carbons (Fsp3) is 0.294. The Labute approximate surface area is 120 Å². The molecule has 0 bridgehead atoms. The lowest BCUT2D eigenvalue weighted by molar-refractivity contribution is 0.369. The van der Waals surface area contributed by atoms with E-state index in [2.05, 4.69) is 36.5 Å². The molecule has 0 saturated heterocycles. The second-order valence-electron chi connectivity index (χ2n) is 4.74. The summed E-state index contributed by atoms with van der Waals surface area (Å²) >= 11 is 0. The van der Waals surface area contributed by atoms with E-state index in [1.807, 2.05) is 12.1 Å². The molecule has 0 atom stereocenters. The number of para-hydroxylation sites is 1. The molecule has 2 aromatic rings. The highest BCUT2D eigenvalue weighted by Gasteiger charge is 2.06. The van der Waals surface area contributed by atoms with Crippen LogP contribution >= 0.6 is 0 Å². The average Bonchev–Trinajstić information content (AvgIpc) is 2.49. The number of ether oxygens (including phenoxy) is 1. The molecule has 106 valence electrons. The first-order valence-electron chi connectivity index (χ1n) is 6.88. The van der Waals surface area contributed by atoms with Crippen molar-refractivity contribution in [1.82, 2.24) is 5.32 Å². The third kappa shape index (κ3) is 3.52. The van der Waals surface area contributed by atoms with E-state index in [4.69, 9.17) is 4.74 Å². The molecule has 0 unspecified atom stereocenters. The van der Waals surface area contributed by atoms with Crippen molar-refractivity contribution in [2.24, 2.45) is 0 Å². The molecule has 0 spiro atoms. The molecule has 0 radical (unpaired) electrons. The number of hydrogen-bond donors (Lipinski definition) is 2. The summed E-state index contributed by atoms with van der Waals surface area (Å²) in [7, 11) is 1.56. The summed E-state index contributed by atoms with van der Waals surface area (Å²) in [5.41, 5.74) is 3.43. The van der Waals surface area contributed by atoms with Gasteiger partial charge in [-0.1, -0.05) is 43.3 Å². The first kappa shape index (κ1) is 14.4. The number of aryl methyl sites for hydroxylation is 1. The first-order chi connectivity index (χ1) is 9.74.